The van der Waals surface area contributed by atoms with Gasteiger partial charge in [0, 0.05) is 22.3 Å². The van der Waals surface area contributed by atoms with E-state index in [4.69, 9.17) is 10.5 Å². The molecule has 0 radical (unpaired) electrons. The summed E-state index contributed by atoms with van der Waals surface area (Å²) < 4.78 is 33.2. The number of hydrogen-bond acceptors (Lipinski definition) is 4. The molecule has 0 bridgehead atoms. The first-order valence-corrected chi connectivity index (χ1v) is 8.39. The van der Waals surface area contributed by atoms with Crippen LogP contribution in [-0.2, 0) is 16.6 Å². The lowest BCUT2D eigenvalue weighted by Crippen LogP contribution is -2.13. The summed E-state index contributed by atoms with van der Waals surface area (Å²) >= 11 is 3.30. The summed E-state index contributed by atoms with van der Waals surface area (Å²) in [6.45, 7) is 0.199. The maximum Gasteiger partial charge on any atom is 0.261 e. The van der Waals surface area contributed by atoms with Gasteiger partial charge < -0.3 is 10.5 Å². The van der Waals surface area contributed by atoms with Gasteiger partial charge in [0.2, 0.25) is 0 Å². The van der Waals surface area contributed by atoms with Crippen molar-refractivity contribution in [3.05, 3.63) is 52.5 Å². The number of halogens is 1. The fourth-order valence-electron chi connectivity index (χ4n) is 1.81. The van der Waals surface area contributed by atoms with Crippen molar-refractivity contribution in [3.8, 4) is 5.75 Å². The predicted octanol–water partition coefficient (Wildman–Crippen LogP) is 2.72. The first-order chi connectivity index (χ1) is 9.96. The summed E-state index contributed by atoms with van der Waals surface area (Å²) in [5, 5.41) is 0. The first kappa shape index (κ1) is 15.8. The Morgan fingerprint density at radius 1 is 1.19 bits per heavy atom. The lowest BCUT2D eigenvalue weighted by Gasteiger charge is -2.11. The van der Waals surface area contributed by atoms with E-state index in [1.54, 1.807) is 30.3 Å². The van der Waals surface area contributed by atoms with E-state index in [0.29, 0.717) is 17.0 Å². The number of nitrogens with one attached hydrogen (secondary N) is 1. The zero-order chi connectivity index (χ0) is 15.5. The number of anilines is 1. The van der Waals surface area contributed by atoms with Crippen LogP contribution in [-0.4, -0.2) is 15.5 Å². The van der Waals surface area contributed by atoms with E-state index < -0.39 is 10.0 Å². The number of sulfonamides is 1. The summed E-state index contributed by atoms with van der Waals surface area (Å²) in [6, 6.07) is 11.5. The SMILES string of the molecule is COc1ccc(S(=O)(=O)Nc2ccc(Br)cc2)cc1CN. The zero-order valence-electron chi connectivity index (χ0n) is 11.3. The van der Waals surface area contributed by atoms with E-state index in [1.807, 2.05) is 0 Å². The Hall–Kier alpha value is -1.57. The van der Waals surface area contributed by atoms with Crippen molar-refractivity contribution >= 4 is 31.6 Å². The Kier molecular flexibility index (Phi) is 4.87. The fourth-order valence-corrected chi connectivity index (χ4v) is 3.19. The molecule has 2 aromatic carbocycles. The van der Waals surface area contributed by atoms with Crippen LogP contribution in [0.5, 0.6) is 5.75 Å². The third kappa shape index (κ3) is 3.75. The molecule has 0 aliphatic heterocycles. The fraction of sp³-hybridized carbons (Fsp3) is 0.143. The Morgan fingerprint density at radius 3 is 2.43 bits per heavy atom. The summed E-state index contributed by atoms with van der Waals surface area (Å²) in [7, 11) is -2.14. The normalized spacial score (nSPS) is 11.2. The Labute approximate surface area is 132 Å². The average Bonchev–Trinajstić information content (AvgIpc) is 2.48. The smallest absolute Gasteiger partial charge is 0.261 e. The lowest BCUT2D eigenvalue weighted by atomic mass is 10.2. The minimum atomic E-state index is -3.66. The number of methoxy groups -OCH3 is 1. The van der Waals surface area contributed by atoms with Crippen molar-refractivity contribution in [2.45, 2.75) is 11.4 Å². The molecule has 0 aromatic heterocycles. The van der Waals surface area contributed by atoms with Crippen LogP contribution >= 0.6 is 15.9 Å². The monoisotopic (exact) mass is 370 g/mol. The van der Waals surface area contributed by atoms with Crippen molar-refractivity contribution in [1.29, 1.82) is 0 Å². The quantitative estimate of drug-likeness (QED) is 0.847. The largest absolute Gasteiger partial charge is 0.496 e. The highest BCUT2D eigenvalue weighted by Crippen LogP contribution is 2.24. The second kappa shape index (κ2) is 6.46. The van der Waals surface area contributed by atoms with Crippen molar-refractivity contribution in [1.82, 2.24) is 0 Å². The highest BCUT2D eigenvalue weighted by atomic mass is 79.9. The van der Waals surface area contributed by atoms with E-state index in [-0.39, 0.29) is 11.4 Å². The molecule has 7 heteroatoms. The summed E-state index contributed by atoms with van der Waals surface area (Å²) in [4.78, 5) is 0.145. The molecule has 3 N–H and O–H groups in total. The molecule has 0 spiro atoms. The van der Waals surface area contributed by atoms with Crippen LogP contribution in [0.1, 0.15) is 5.56 Å². The zero-order valence-corrected chi connectivity index (χ0v) is 13.7. The second-order valence-corrected chi connectivity index (χ2v) is 6.89. The standard InChI is InChI=1S/C14H15BrN2O3S/c1-20-14-7-6-13(8-10(14)9-16)21(18,19)17-12-4-2-11(15)3-5-12/h2-8,17H,9,16H2,1H3. The van der Waals surface area contributed by atoms with Crippen LogP contribution in [0.3, 0.4) is 0 Å². The Balaban J connectivity index is 2.33. The molecule has 0 unspecified atom stereocenters. The van der Waals surface area contributed by atoms with Gasteiger partial charge in [0.05, 0.1) is 12.0 Å². The number of nitrogens with two attached hydrogens (primary N) is 1. The number of benzene rings is 2. The van der Waals surface area contributed by atoms with E-state index in [2.05, 4.69) is 20.7 Å². The number of rotatable bonds is 5. The van der Waals surface area contributed by atoms with Gasteiger partial charge in [-0.1, -0.05) is 15.9 Å². The molecule has 5 nitrogen and oxygen atoms in total. The molecule has 0 saturated carbocycles. The minimum Gasteiger partial charge on any atom is -0.496 e. The van der Waals surface area contributed by atoms with Crippen LogP contribution in [0.4, 0.5) is 5.69 Å². The lowest BCUT2D eigenvalue weighted by molar-refractivity contribution is 0.409. The molecule has 21 heavy (non-hydrogen) atoms. The van der Waals surface area contributed by atoms with Gasteiger partial charge >= 0.3 is 0 Å². The molecule has 2 rings (SSSR count). The van der Waals surface area contributed by atoms with Crippen LogP contribution in [0.2, 0.25) is 0 Å². The summed E-state index contributed by atoms with van der Waals surface area (Å²) in [6.07, 6.45) is 0. The van der Waals surface area contributed by atoms with E-state index in [9.17, 15) is 8.42 Å². The third-order valence-electron chi connectivity index (χ3n) is 2.88. The molecule has 2 aromatic rings. The van der Waals surface area contributed by atoms with E-state index >= 15 is 0 Å². The third-order valence-corrected chi connectivity index (χ3v) is 4.79. The number of hydrogen-bond donors (Lipinski definition) is 2. The molecular formula is C14H15BrN2O3S. The van der Waals surface area contributed by atoms with Crippen LogP contribution in [0.15, 0.2) is 51.8 Å². The Morgan fingerprint density at radius 2 is 1.86 bits per heavy atom. The summed E-state index contributed by atoms with van der Waals surface area (Å²) in [5.41, 5.74) is 6.73. The van der Waals surface area contributed by atoms with Gasteiger partial charge in [-0.3, -0.25) is 4.72 Å². The van der Waals surface area contributed by atoms with Gasteiger partial charge in [0.15, 0.2) is 0 Å². The van der Waals surface area contributed by atoms with E-state index in [0.717, 1.165) is 4.47 Å². The van der Waals surface area contributed by atoms with Gasteiger partial charge in [0.1, 0.15) is 5.75 Å². The van der Waals surface area contributed by atoms with Crippen LogP contribution in [0.25, 0.3) is 0 Å². The van der Waals surface area contributed by atoms with Crippen molar-refractivity contribution in [3.63, 3.8) is 0 Å². The topological polar surface area (TPSA) is 81.4 Å². The highest BCUT2D eigenvalue weighted by Gasteiger charge is 2.16. The molecule has 0 aliphatic rings. The molecule has 0 atom stereocenters. The van der Waals surface area contributed by atoms with Gasteiger partial charge in [-0.25, -0.2) is 8.42 Å². The average molecular weight is 371 g/mol. The molecule has 0 fully saturated rings. The maximum absolute atomic E-state index is 12.3. The highest BCUT2D eigenvalue weighted by molar-refractivity contribution is 9.10. The van der Waals surface area contributed by atoms with Gasteiger partial charge in [-0.15, -0.1) is 0 Å². The molecule has 0 saturated heterocycles. The number of ether oxygens (including phenoxy) is 1. The second-order valence-electron chi connectivity index (χ2n) is 4.29. The first-order valence-electron chi connectivity index (χ1n) is 6.11. The van der Waals surface area contributed by atoms with Crippen molar-refractivity contribution in [2.75, 3.05) is 11.8 Å². The molecular weight excluding hydrogens is 356 g/mol. The van der Waals surface area contributed by atoms with Gasteiger partial charge in [-0.2, -0.15) is 0 Å². The Bertz CT molecular complexity index is 730. The van der Waals surface area contributed by atoms with Gasteiger partial charge in [-0.05, 0) is 42.5 Å². The predicted molar refractivity (Wildman–Crippen MR) is 85.8 cm³/mol. The molecule has 112 valence electrons. The van der Waals surface area contributed by atoms with Crippen molar-refractivity contribution in [2.24, 2.45) is 5.73 Å². The van der Waals surface area contributed by atoms with E-state index in [1.165, 1.54) is 19.2 Å². The molecule has 0 aliphatic carbocycles. The maximum atomic E-state index is 12.3. The van der Waals surface area contributed by atoms with Gasteiger partial charge in [0.25, 0.3) is 10.0 Å². The molecule has 0 heterocycles. The minimum absolute atomic E-state index is 0.145. The van der Waals surface area contributed by atoms with Crippen LogP contribution < -0.4 is 15.2 Å². The van der Waals surface area contributed by atoms with Crippen molar-refractivity contribution < 1.29 is 13.2 Å². The molecule has 0 amide bonds. The van der Waals surface area contributed by atoms with Crippen LogP contribution in [0, 0.1) is 0 Å². The summed E-state index contributed by atoms with van der Waals surface area (Å²) in [5.74, 6) is 0.570.